The second-order valence-corrected chi connectivity index (χ2v) is 5.22. The van der Waals surface area contributed by atoms with Gasteiger partial charge in [0.25, 0.3) is 0 Å². The summed E-state index contributed by atoms with van der Waals surface area (Å²) >= 11 is 0. The summed E-state index contributed by atoms with van der Waals surface area (Å²) in [6.45, 7) is 0.596. The Morgan fingerprint density at radius 1 is 1.11 bits per heavy atom. The van der Waals surface area contributed by atoms with E-state index in [1.165, 1.54) is 6.42 Å². The summed E-state index contributed by atoms with van der Waals surface area (Å²) < 4.78 is 5.28. The fraction of sp³-hybridized carbons (Fsp3) is 0.846. The van der Waals surface area contributed by atoms with Crippen LogP contribution < -0.4 is 5.32 Å². The van der Waals surface area contributed by atoms with Gasteiger partial charge in [-0.2, -0.15) is 0 Å². The number of carbonyl (C=O) groups is 2. The smallest absolute Gasteiger partial charge is 0.326 e. The van der Waals surface area contributed by atoms with E-state index in [0.29, 0.717) is 13.0 Å². The van der Waals surface area contributed by atoms with Crippen molar-refractivity contribution in [3.05, 3.63) is 0 Å². The number of nitrogens with one attached hydrogen (secondary N) is 1. The highest BCUT2D eigenvalue weighted by Crippen LogP contribution is 2.27. The highest BCUT2D eigenvalue weighted by Gasteiger charge is 2.33. The summed E-state index contributed by atoms with van der Waals surface area (Å²) in [4.78, 5) is 23.2. The molecule has 1 saturated heterocycles. The Kier molecular flexibility index (Phi) is 4.58. The van der Waals surface area contributed by atoms with Gasteiger partial charge in [-0.05, 0) is 31.6 Å². The van der Waals surface area contributed by atoms with Crippen LogP contribution in [0.25, 0.3) is 0 Å². The number of carbonyl (C=O) groups excluding carboxylic acids is 1. The summed E-state index contributed by atoms with van der Waals surface area (Å²) in [6.07, 6.45) is 6.19. The number of amides is 1. The van der Waals surface area contributed by atoms with Gasteiger partial charge in [-0.3, -0.25) is 4.79 Å². The fourth-order valence-corrected chi connectivity index (χ4v) is 2.88. The van der Waals surface area contributed by atoms with Gasteiger partial charge in [0, 0.05) is 6.61 Å². The van der Waals surface area contributed by atoms with Crippen LogP contribution in [-0.2, 0) is 14.3 Å². The first-order valence-electron chi connectivity index (χ1n) is 6.83. The predicted molar refractivity (Wildman–Crippen MR) is 65.1 cm³/mol. The molecule has 5 heteroatoms. The minimum Gasteiger partial charge on any atom is -0.480 e. The lowest BCUT2D eigenvalue weighted by Crippen LogP contribution is -2.49. The maximum Gasteiger partial charge on any atom is 0.326 e. The monoisotopic (exact) mass is 255 g/mol. The van der Waals surface area contributed by atoms with E-state index < -0.39 is 18.1 Å². The maximum atomic E-state index is 11.9. The van der Waals surface area contributed by atoms with Crippen molar-refractivity contribution >= 4 is 11.9 Å². The number of rotatable bonds is 4. The van der Waals surface area contributed by atoms with Crippen molar-refractivity contribution < 1.29 is 19.4 Å². The van der Waals surface area contributed by atoms with Crippen LogP contribution in [0.5, 0.6) is 0 Å². The molecule has 1 heterocycles. The van der Waals surface area contributed by atoms with Crippen LogP contribution in [0, 0.1) is 5.92 Å². The first kappa shape index (κ1) is 13.3. The van der Waals surface area contributed by atoms with E-state index in [1.54, 1.807) is 0 Å². The zero-order valence-corrected chi connectivity index (χ0v) is 10.6. The molecule has 0 spiro atoms. The SMILES string of the molecule is O=C(O)[C@@H](NC(=O)[C@H]1CCCO1)C1CCCCC1. The van der Waals surface area contributed by atoms with Crippen molar-refractivity contribution in [2.75, 3.05) is 6.61 Å². The molecular weight excluding hydrogens is 234 g/mol. The van der Waals surface area contributed by atoms with E-state index in [9.17, 15) is 14.7 Å². The van der Waals surface area contributed by atoms with Crippen LogP contribution in [0.3, 0.4) is 0 Å². The molecule has 2 aliphatic rings. The zero-order chi connectivity index (χ0) is 13.0. The number of hydrogen-bond acceptors (Lipinski definition) is 3. The number of carboxylic acids is 1. The van der Waals surface area contributed by atoms with Crippen molar-refractivity contribution in [1.29, 1.82) is 0 Å². The third-order valence-electron chi connectivity index (χ3n) is 3.91. The highest BCUT2D eigenvalue weighted by atomic mass is 16.5. The molecule has 18 heavy (non-hydrogen) atoms. The van der Waals surface area contributed by atoms with Gasteiger partial charge in [0.15, 0.2) is 0 Å². The van der Waals surface area contributed by atoms with E-state index >= 15 is 0 Å². The molecule has 1 amide bonds. The number of ether oxygens (including phenoxy) is 1. The fourth-order valence-electron chi connectivity index (χ4n) is 2.88. The third kappa shape index (κ3) is 3.22. The van der Waals surface area contributed by atoms with Crippen LogP contribution in [0.2, 0.25) is 0 Å². The Balaban J connectivity index is 1.92. The van der Waals surface area contributed by atoms with Gasteiger partial charge in [0.1, 0.15) is 12.1 Å². The molecule has 2 rings (SSSR count). The van der Waals surface area contributed by atoms with E-state index in [-0.39, 0.29) is 11.8 Å². The van der Waals surface area contributed by atoms with Gasteiger partial charge in [-0.15, -0.1) is 0 Å². The van der Waals surface area contributed by atoms with Crippen LogP contribution >= 0.6 is 0 Å². The lowest BCUT2D eigenvalue weighted by molar-refractivity contribution is -0.145. The number of hydrogen-bond donors (Lipinski definition) is 2. The van der Waals surface area contributed by atoms with Crippen LogP contribution in [0.15, 0.2) is 0 Å². The molecule has 1 aliphatic carbocycles. The molecule has 1 saturated carbocycles. The van der Waals surface area contributed by atoms with E-state index in [1.807, 2.05) is 0 Å². The van der Waals surface area contributed by atoms with Crippen LogP contribution in [0.4, 0.5) is 0 Å². The highest BCUT2D eigenvalue weighted by molar-refractivity contribution is 5.86. The van der Waals surface area contributed by atoms with Crippen molar-refractivity contribution in [2.45, 2.75) is 57.1 Å². The summed E-state index contributed by atoms with van der Waals surface area (Å²) in [7, 11) is 0. The number of aliphatic carboxylic acids is 1. The van der Waals surface area contributed by atoms with Crippen molar-refractivity contribution in [3.8, 4) is 0 Å². The summed E-state index contributed by atoms with van der Waals surface area (Å²) in [5, 5.41) is 11.9. The average molecular weight is 255 g/mol. The van der Waals surface area contributed by atoms with Crippen molar-refractivity contribution in [2.24, 2.45) is 5.92 Å². The quantitative estimate of drug-likeness (QED) is 0.794. The molecule has 0 unspecified atom stereocenters. The molecule has 0 aromatic carbocycles. The molecule has 1 aliphatic heterocycles. The van der Waals surface area contributed by atoms with E-state index in [2.05, 4.69) is 5.32 Å². The molecule has 0 radical (unpaired) electrons. The Bertz CT molecular complexity index is 306. The van der Waals surface area contributed by atoms with Gasteiger partial charge < -0.3 is 15.2 Å². The van der Waals surface area contributed by atoms with E-state index in [0.717, 1.165) is 32.1 Å². The predicted octanol–water partition coefficient (Wildman–Crippen LogP) is 1.32. The summed E-state index contributed by atoms with van der Waals surface area (Å²) in [5.74, 6) is -1.11. The molecule has 2 fully saturated rings. The zero-order valence-electron chi connectivity index (χ0n) is 10.6. The maximum absolute atomic E-state index is 11.9. The standard InChI is InChI=1S/C13H21NO4/c15-12(10-7-4-8-18-10)14-11(13(16)17)9-5-2-1-3-6-9/h9-11H,1-8H2,(H,14,15)(H,16,17)/t10-,11+/m1/s1. The Morgan fingerprint density at radius 2 is 1.83 bits per heavy atom. The summed E-state index contributed by atoms with van der Waals surface area (Å²) in [6, 6.07) is -0.748. The Hall–Kier alpha value is -1.10. The van der Waals surface area contributed by atoms with Gasteiger partial charge in [-0.1, -0.05) is 19.3 Å². The summed E-state index contributed by atoms with van der Waals surface area (Å²) in [5.41, 5.74) is 0. The molecular formula is C13H21NO4. The molecule has 5 nitrogen and oxygen atoms in total. The lowest BCUT2D eigenvalue weighted by Gasteiger charge is -2.28. The van der Waals surface area contributed by atoms with Crippen molar-refractivity contribution in [1.82, 2.24) is 5.32 Å². The minimum atomic E-state index is -0.923. The number of carboxylic acid groups (broad SMARTS) is 1. The topological polar surface area (TPSA) is 75.6 Å². The van der Waals surface area contributed by atoms with E-state index in [4.69, 9.17) is 4.74 Å². The van der Waals surface area contributed by atoms with Gasteiger partial charge >= 0.3 is 5.97 Å². The van der Waals surface area contributed by atoms with Gasteiger partial charge in [-0.25, -0.2) is 4.79 Å². The molecule has 0 bridgehead atoms. The first-order valence-corrected chi connectivity index (χ1v) is 6.83. The third-order valence-corrected chi connectivity index (χ3v) is 3.91. The molecule has 0 aromatic rings. The molecule has 2 atom stereocenters. The molecule has 0 aromatic heterocycles. The normalized spacial score (nSPS) is 26.8. The molecule has 2 N–H and O–H groups in total. The van der Waals surface area contributed by atoms with Crippen molar-refractivity contribution in [3.63, 3.8) is 0 Å². The van der Waals surface area contributed by atoms with Crippen LogP contribution in [-0.4, -0.2) is 35.7 Å². The lowest BCUT2D eigenvalue weighted by atomic mass is 9.84. The van der Waals surface area contributed by atoms with Gasteiger partial charge in [0.2, 0.25) is 5.91 Å². The van der Waals surface area contributed by atoms with Gasteiger partial charge in [0.05, 0.1) is 0 Å². The Labute approximate surface area is 107 Å². The second-order valence-electron chi connectivity index (χ2n) is 5.22. The average Bonchev–Trinajstić information content (AvgIpc) is 2.90. The molecule has 102 valence electrons. The largest absolute Gasteiger partial charge is 0.480 e. The minimum absolute atomic E-state index is 0.0709. The second kappa shape index (κ2) is 6.18. The first-order chi connectivity index (χ1) is 8.68. The van der Waals surface area contributed by atoms with Crippen LogP contribution in [0.1, 0.15) is 44.9 Å². The Morgan fingerprint density at radius 3 is 2.39 bits per heavy atom.